The van der Waals surface area contributed by atoms with Crippen molar-refractivity contribution in [2.75, 3.05) is 6.54 Å². The molecule has 0 heterocycles. The maximum absolute atomic E-state index is 13.0. The molecule has 0 saturated carbocycles. The Labute approximate surface area is 112 Å². The van der Waals surface area contributed by atoms with Gasteiger partial charge in [0, 0.05) is 12.1 Å². The van der Waals surface area contributed by atoms with E-state index >= 15 is 0 Å². The Morgan fingerprint density at radius 1 is 1.44 bits per heavy atom. The van der Waals surface area contributed by atoms with Crippen LogP contribution in [-0.4, -0.2) is 18.0 Å². The van der Waals surface area contributed by atoms with E-state index in [0.29, 0.717) is 12.1 Å². The van der Waals surface area contributed by atoms with Crippen LogP contribution in [-0.2, 0) is 0 Å². The lowest BCUT2D eigenvalue weighted by atomic mass is 9.92. The van der Waals surface area contributed by atoms with Crippen LogP contribution in [0.15, 0.2) is 18.2 Å². The molecule has 0 aromatic heterocycles. The van der Waals surface area contributed by atoms with Gasteiger partial charge in [-0.3, -0.25) is 4.79 Å². The van der Waals surface area contributed by atoms with E-state index in [-0.39, 0.29) is 10.9 Å². The van der Waals surface area contributed by atoms with Gasteiger partial charge in [0.25, 0.3) is 5.91 Å². The Morgan fingerprint density at radius 2 is 2.06 bits per heavy atom. The molecular weight excluding hydrogens is 255 g/mol. The van der Waals surface area contributed by atoms with Crippen molar-refractivity contribution in [2.45, 2.75) is 32.2 Å². The van der Waals surface area contributed by atoms with E-state index in [1.165, 1.54) is 18.2 Å². The van der Waals surface area contributed by atoms with Crippen molar-refractivity contribution in [3.8, 4) is 0 Å². The van der Waals surface area contributed by atoms with Gasteiger partial charge < -0.3 is 11.1 Å². The van der Waals surface area contributed by atoms with Crippen LogP contribution >= 0.6 is 11.6 Å². The van der Waals surface area contributed by atoms with Gasteiger partial charge in [-0.15, -0.1) is 0 Å². The molecule has 0 atom stereocenters. The first-order valence-electron chi connectivity index (χ1n) is 5.95. The van der Waals surface area contributed by atoms with E-state index in [0.717, 1.165) is 12.8 Å². The number of nitrogens with one attached hydrogen (secondary N) is 1. The fraction of sp³-hybridized carbons (Fsp3) is 0.462. The summed E-state index contributed by atoms with van der Waals surface area (Å²) in [6, 6.07) is 3.90. The predicted molar refractivity (Wildman–Crippen MR) is 71.2 cm³/mol. The molecule has 0 unspecified atom stereocenters. The minimum Gasteiger partial charge on any atom is -0.345 e. The molecular formula is C13H18ClFN2O. The third kappa shape index (κ3) is 3.21. The Balaban J connectivity index is 2.90. The van der Waals surface area contributed by atoms with E-state index in [4.69, 9.17) is 17.3 Å². The summed E-state index contributed by atoms with van der Waals surface area (Å²) in [5.74, 6) is -0.824. The highest BCUT2D eigenvalue weighted by Gasteiger charge is 2.26. The molecule has 0 spiro atoms. The SMILES string of the molecule is CCC(CC)(CN)NC(=O)c1ccc(F)c(Cl)c1. The van der Waals surface area contributed by atoms with Gasteiger partial charge in [-0.05, 0) is 31.0 Å². The third-order valence-electron chi connectivity index (χ3n) is 3.30. The van der Waals surface area contributed by atoms with Crippen molar-refractivity contribution in [3.63, 3.8) is 0 Å². The number of halogens is 2. The zero-order chi connectivity index (χ0) is 13.8. The number of carbonyl (C=O) groups excluding carboxylic acids is 1. The minimum atomic E-state index is -0.538. The molecule has 0 aliphatic carbocycles. The lowest BCUT2D eigenvalue weighted by molar-refractivity contribution is 0.0895. The van der Waals surface area contributed by atoms with Crippen LogP contribution in [0.2, 0.25) is 5.02 Å². The topological polar surface area (TPSA) is 55.1 Å². The summed E-state index contributed by atoms with van der Waals surface area (Å²) in [5.41, 5.74) is 5.62. The van der Waals surface area contributed by atoms with Gasteiger partial charge in [-0.1, -0.05) is 25.4 Å². The highest BCUT2D eigenvalue weighted by atomic mass is 35.5. The molecule has 0 aliphatic heterocycles. The van der Waals surface area contributed by atoms with Gasteiger partial charge in [0.05, 0.1) is 10.6 Å². The number of hydrogen-bond acceptors (Lipinski definition) is 2. The monoisotopic (exact) mass is 272 g/mol. The van der Waals surface area contributed by atoms with E-state index in [1.807, 2.05) is 13.8 Å². The number of amides is 1. The first-order chi connectivity index (χ1) is 8.48. The minimum absolute atomic E-state index is 0.0611. The molecule has 0 fully saturated rings. The smallest absolute Gasteiger partial charge is 0.251 e. The van der Waals surface area contributed by atoms with E-state index in [9.17, 15) is 9.18 Å². The first-order valence-corrected chi connectivity index (χ1v) is 6.33. The Kier molecular flexibility index (Phi) is 5.11. The van der Waals surface area contributed by atoms with Crippen LogP contribution in [0.5, 0.6) is 0 Å². The molecule has 0 saturated heterocycles. The molecule has 1 rings (SSSR count). The van der Waals surface area contributed by atoms with Crippen LogP contribution in [0, 0.1) is 5.82 Å². The Bertz CT molecular complexity index is 425. The van der Waals surface area contributed by atoms with E-state index in [2.05, 4.69) is 5.32 Å². The maximum atomic E-state index is 13.0. The van der Waals surface area contributed by atoms with Crippen LogP contribution in [0.4, 0.5) is 4.39 Å². The fourth-order valence-electron chi connectivity index (χ4n) is 1.72. The number of nitrogens with two attached hydrogens (primary N) is 1. The summed E-state index contributed by atoms with van der Waals surface area (Å²) in [4.78, 5) is 12.1. The summed E-state index contributed by atoms with van der Waals surface area (Å²) in [6.07, 6.45) is 1.47. The van der Waals surface area contributed by atoms with Crippen LogP contribution in [0.1, 0.15) is 37.0 Å². The second kappa shape index (κ2) is 6.16. The summed E-state index contributed by atoms with van der Waals surface area (Å²) >= 11 is 5.65. The third-order valence-corrected chi connectivity index (χ3v) is 3.59. The maximum Gasteiger partial charge on any atom is 0.251 e. The molecule has 1 amide bonds. The molecule has 3 nitrogen and oxygen atoms in total. The number of hydrogen-bond donors (Lipinski definition) is 2. The summed E-state index contributed by atoms with van der Waals surface area (Å²) in [6.45, 7) is 4.29. The van der Waals surface area contributed by atoms with Crippen LogP contribution < -0.4 is 11.1 Å². The summed E-state index contributed by atoms with van der Waals surface area (Å²) in [5, 5.41) is 2.84. The second-order valence-corrected chi connectivity index (χ2v) is 4.68. The zero-order valence-electron chi connectivity index (χ0n) is 10.6. The molecule has 0 bridgehead atoms. The van der Waals surface area contributed by atoms with Crippen LogP contribution in [0.25, 0.3) is 0 Å². The molecule has 5 heteroatoms. The highest BCUT2D eigenvalue weighted by Crippen LogP contribution is 2.18. The summed E-state index contributed by atoms with van der Waals surface area (Å²) < 4.78 is 13.0. The van der Waals surface area contributed by atoms with Crippen molar-refractivity contribution < 1.29 is 9.18 Å². The van der Waals surface area contributed by atoms with E-state index < -0.39 is 11.4 Å². The molecule has 0 radical (unpaired) electrons. The van der Waals surface area contributed by atoms with Crippen molar-refractivity contribution in [2.24, 2.45) is 5.73 Å². The van der Waals surface area contributed by atoms with Crippen molar-refractivity contribution in [3.05, 3.63) is 34.6 Å². The fourth-order valence-corrected chi connectivity index (χ4v) is 1.90. The lowest BCUT2D eigenvalue weighted by Gasteiger charge is -2.31. The zero-order valence-corrected chi connectivity index (χ0v) is 11.4. The van der Waals surface area contributed by atoms with Gasteiger partial charge in [-0.25, -0.2) is 4.39 Å². The van der Waals surface area contributed by atoms with Crippen molar-refractivity contribution in [1.29, 1.82) is 0 Å². The first kappa shape index (κ1) is 14.9. The predicted octanol–water partition coefficient (Wildman–Crippen LogP) is 2.73. The molecule has 0 aliphatic rings. The van der Waals surface area contributed by atoms with Crippen LogP contribution in [0.3, 0.4) is 0 Å². The highest BCUT2D eigenvalue weighted by molar-refractivity contribution is 6.31. The van der Waals surface area contributed by atoms with Gasteiger partial charge in [-0.2, -0.15) is 0 Å². The average Bonchev–Trinajstić information content (AvgIpc) is 2.39. The summed E-state index contributed by atoms with van der Waals surface area (Å²) in [7, 11) is 0. The standard InChI is InChI=1S/C13H18ClFN2O/c1-3-13(4-2,8-16)17-12(18)9-5-6-11(15)10(14)7-9/h5-7H,3-4,8,16H2,1-2H3,(H,17,18). The molecule has 3 N–H and O–H groups in total. The van der Waals surface area contributed by atoms with Gasteiger partial charge in [0.2, 0.25) is 0 Å². The quantitative estimate of drug-likeness (QED) is 0.866. The molecule has 1 aromatic rings. The average molecular weight is 273 g/mol. The Hall–Kier alpha value is -1.13. The van der Waals surface area contributed by atoms with Gasteiger partial charge in [0.15, 0.2) is 0 Å². The number of rotatable bonds is 5. The van der Waals surface area contributed by atoms with Crippen molar-refractivity contribution in [1.82, 2.24) is 5.32 Å². The lowest BCUT2D eigenvalue weighted by Crippen LogP contribution is -2.52. The molecule has 100 valence electrons. The van der Waals surface area contributed by atoms with Gasteiger partial charge >= 0.3 is 0 Å². The number of benzene rings is 1. The molecule has 1 aromatic carbocycles. The van der Waals surface area contributed by atoms with Crippen molar-refractivity contribution >= 4 is 17.5 Å². The second-order valence-electron chi connectivity index (χ2n) is 4.27. The molecule has 18 heavy (non-hydrogen) atoms. The van der Waals surface area contributed by atoms with Gasteiger partial charge in [0.1, 0.15) is 5.82 Å². The Morgan fingerprint density at radius 3 is 2.50 bits per heavy atom. The van der Waals surface area contributed by atoms with E-state index in [1.54, 1.807) is 0 Å². The number of carbonyl (C=O) groups is 1. The largest absolute Gasteiger partial charge is 0.345 e. The normalized spacial score (nSPS) is 11.4.